The van der Waals surface area contributed by atoms with Crippen molar-refractivity contribution >= 4 is 29.2 Å². The Morgan fingerprint density at radius 2 is 1.75 bits per heavy atom. The lowest BCUT2D eigenvalue weighted by Gasteiger charge is -2.24. The van der Waals surface area contributed by atoms with Crippen LogP contribution in [-0.4, -0.2) is 54.6 Å². The number of methoxy groups -OCH3 is 1. The number of aromatic carboxylic acids is 1. The number of para-hydroxylation sites is 1. The maximum atomic E-state index is 14.0. The Labute approximate surface area is 229 Å². The average Bonchev–Trinajstić information content (AvgIpc) is 3.28. The first kappa shape index (κ1) is 28.5. The number of hydrogen-bond donors (Lipinski definition) is 4. The number of carbonyl (C=O) groups excluding carboxylic acids is 2. The number of alkyl halides is 2. The van der Waals surface area contributed by atoms with Crippen LogP contribution in [0.3, 0.4) is 0 Å². The Bertz CT molecular complexity index is 1400. The number of anilines is 2. The zero-order valence-corrected chi connectivity index (χ0v) is 21.9. The third-order valence-corrected chi connectivity index (χ3v) is 6.47. The Morgan fingerprint density at radius 3 is 2.38 bits per heavy atom. The van der Waals surface area contributed by atoms with Crippen molar-refractivity contribution in [3.63, 3.8) is 0 Å². The number of ether oxygens (including phenoxy) is 2. The van der Waals surface area contributed by atoms with Gasteiger partial charge in [0.2, 0.25) is 0 Å². The lowest BCUT2D eigenvalue weighted by Crippen LogP contribution is -2.45. The van der Waals surface area contributed by atoms with Gasteiger partial charge in [-0.25, -0.2) is 18.4 Å². The summed E-state index contributed by atoms with van der Waals surface area (Å²) in [6.45, 7) is 1.29. The van der Waals surface area contributed by atoms with E-state index in [1.807, 2.05) is 19.1 Å². The van der Waals surface area contributed by atoms with Gasteiger partial charge in [0.1, 0.15) is 11.5 Å². The summed E-state index contributed by atoms with van der Waals surface area (Å²) in [6, 6.07) is 16.0. The number of benzene rings is 3. The van der Waals surface area contributed by atoms with Gasteiger partial charge < -0.3 is 30.5 Å². The first-order valence-electron chi connectivity index (χ1n) is 12.5. The summed E-state index contributed by atoms with van der Waals surface area (Å²) in [5, 5.41) is 17.3. The first-order chi connectivity index (χ1) is 19.0. The molecule has 4 N–H and O–H groups in total. The fourth-order valence-electron chi connectivity index (χ4n) is 4.40. The maximum absolute atomic E-state index is 14.0. The predicted molar refractivity (Wildman–Crippen MR) is 145 cm³/mol. The molecule has 0 aliphatic carbocycles. The molecule has 1 heterocycles. The van der Waals surface area contributed by atoms with Crippen LogP contribution in [0.25, 0.3) is 0 Å². The van der Waals surface area contributed by atoms with Gasteiger partial charge in [0, 0.05) is 18.5 Å². The lowest BCUT2D eigenvalue weighted by atomic mass is 9.98. The molecule has 9 nitrogen and oxygen atoms in total. The van der Waals surface area contributed by atoms with Gasteiger partial charge in [-0.2, -0.15) is 0 Å². The van der Waals surface area contributed by atoms with Crippen molar-refractivity contribution in [3.05, 3.63) is 83.4 Å². The number of rotatable bonds is 10. The SMILES string of the molecule is COc1cc(CC(=O)C(Oc2ccc(C(=O)O)cc2)C2CC(F)(F)CN2)ccc1NC(=O)Nc1ccccc1C. The molecule has 210 valence electrons. The smallest absolute Gasteiger partial charge is 0.335 e. The van der Waals surface area contributed by atoms with Crippen LogP contribution in [0.15, 0.2) is 66.7 Å². The molecule has 3 aromatic carbocycles. The number of halogens is 2. The fraction of sp³-hybridized carbons (Fsp3) is 0.276. The van der Waals surface area contributed by atoms with Crippen LogP contribution in [0.2, 0.25) is 0 Å². The van der Waals surface area contributed by atoms with Gasteiger partial charge in [0.05, 0.1) is 30.9 Å². The molecule has 40 heavy (non-hydrogen) atoms. The van der Waals surface area contributed by atoms with E-state index in [1.54, 1.807) is 30.3 Å². The molecule has 2 unspecified atom stereocenters. The Hall–Kier alpha value is -4.51. The number of nitrogens with one attached hydrogen (secondary N) is 3. The number of urea groups is 1. The van der Waals surface area contributed by atoms with Gasteiger partial charge in [0.15, 0.2) is 11.9 Å². The molecular formula is C29H29F2N3O6. The van der Waals surface area contributed by atoms with E-state index in [0.29, 0.717) is 22.7 Å². The van der Waals surface area contributed by atoms with Gasteiger partial charge in [-0.3, -0.25) is 4.79 Å². The van der Waals surface area contributed by atoms with Crippen molar-refractivity contribution in [3.8, 4) is 11.5 Å². The highest BCUT2D eigenvalue weighted by molar-refractivity contribution is 6.01. The highest BCUT2D eigenvalue weighted by Crippen LogP contribution is 2.30. The minimum atomic E-state index is -2.99. The fourth-order valence-corrected chi connectivity index (χ4v) is 4.40. The van der Waals surface area contributed by atoms with Crippen molar-refractivity contribution in [2.24, 2.45) is 0 Å². The van der Waals surface area contributed by atoms with Crippen molar-refractivity contribution in [1.29, 1.82) is 0 Å². The average molecular weight is 554 g/mol. The second-order valence-corrected chi connectivity index (χ2v) is 9.49. The third kappa shape index (κ3) is 7.11. The minimum absolute atomic E-state index is 0.0223. The van der Waals surface area contributed by atoms with E-state index < -0.39 is 48.8 Å². The van der Waals surface area contributed by atoms with Crippen LogP contribution in [0.1, 0.15) is 27.9 Å². The van der Waals surface area contributed by atoms with Gasteiger partial charge in [-0.05, 0) is 60.5 Å². The van der Waals surface area contributed by atoms with Crippen molar-refractivity contribution in [1.82, 2.24) is 5.32 Å². The molecule has 2 amide bonds. The number of carboxylic acid groups (broad SMARTS) is 1. The van der Waals surface area contributed by atoms with E-state index in [1.165, 1.54) is 31.4 Å². The van der Waals surface area contributed by atoms with E-state index in [-0.39, 0.29) is 17.7 Å². The molecule has 0 saturated carbocycles. The van der Waals surface area contributed by atoms with E-state index >= 15 is 0 Å². The number of amides is 2. The highest BCUT2D eigenvalue weighted by Gasteiger charge is 2.45. The third-order valence-electron chi connectivity index (χ3n) is 6.47. The molecule has 11 heteroatoms. The molecule has 1 aliphatic heterocycles. The summed E-state index contributed by atoms with van der Waals surface area (Å²) in [5.41, 5.74) is 2.45. The van der Waals surface area contributed by atoms with Crippen LogP contribution in [0.5, 0.6) is 11.5 Å². The number of hydrogen-bond acceptors (Lipinski definition) is 6. The molecule has 3 aromatic rings. The van der Waals surface area contributed by atoms with Crippen molar-refractivity contribution in [2.45, 2.75) is 37.8 Å². The Morgan fingerprint density at radius 1 is 1.05 bits per heavy atom. The summed E-state index contributed by atoms with van der Waals surface area (Å²) in [5.74, 6) is -4.10. The van der Waals surface area contributed by atoms with E-state index in [9.17, 15) is 23.2 Å². The Balaban J connectivity index is 1.48. The number of carboxylic acids is 1. The number of ketones is 1. The van der Waals surface area contributed by atoms with Crippen molar-refractivity contribution in [2.75, 3.05) is 24.3 Å². The maximum Gasteiger partial charge on any atom is 0.335 e. The van der Waals surface area contributed by atoms with Gasteiger partial charge >= 0.3 is 12.0 Å². The molecule has 1 fully saturated rings. The van der Waals surface area contributed by atoms with Gasteiger partial charge in [0.25, 0.3) is 5.92 Å². The monoisotopic (exact) mass is 553 g/mol. The predicted octanol–water partition coefficient (Wildman–Crippen LogP) is 4.90. The quantitative estimate of drug-likeness (QED) is 0.281. The summed E-state index contributed by atoms with van der Waals surface area (Å²) < 4.78 is 39.2. The number of carbonyl (C=O) groups is 3. The largest absolute Gasteiger partial charge is 0.495 e. The zero-order chi connectivity index (χ0) is 28.9. The van der Waals surface area contributed by atoms with Crippen LogP contribution in [-0.2, 0) is 11.2 Å². The van der Waals surface area contributed by atoms with E-state index in [0.717, 1.165) is 5.56 Å². The topological polar surface area (TPSA) is 126 Å². The highest BCUT2D eigenvalue weighted by atomic mass is 19.3. The zero-order valence-electron chi connectivity index (χ0n) is 21.9. The summed E-state index contributed by atoms with van der Waals surface area (Å²) in [6.07, 6.45) is -2.00. The minimum Gasteiger partial charge on any atom is -0.495 e. The molecule has 0 radical (unpaired) electrons. The van der Waals surface area contributed by atoms with Crippen LogP contribution in [0, 0.1) is 6.92 Å². The Kier molecular flexibility index (Phi) is 8.64. The molecule has 4 rings (SSSR count). The lowest BCUT2D eigenvalue weighted by molar-refractivity contribution is -0.126. The van der Waals surface area contributed by atoms with Crippen LogP contribution in [0.4, 0.5) is 25.0 Å². The van der Waals surface area contributed by atoms with Gasteiger partial charge in [-0.15, -0.1) is 0 Å². The second-order valence-electron chi connectivity index (χ2n) is 9.49. The van der Waals surface area contributed by atoms with Crippen LogP contribution < -0.4 is 25.4 Å². The van der Waals surface area contributed by atoms with Gasteiger partial charge in [-0.1, -0.05) is 24.3 Å². The molecule has 2 atom stereocenters. The second kappa shape index (κ2) is 12.1. The van der Waals surface area contributed by atoms with E-state index in [4.69, 9.17) is 14.6 Å². The standard InChI is InChI=1S/C29H29F2N3O6/c1-17-5-3-4-6-21(17)33-28(38)34-22-12-7-18(14-25(22)39-2)13-24(35)26(23-15-29(30,31)16-32-23)40-20-10-8-19(9-11-20)27(36)37/h3-12,14,23,26,32H,13,15-16H2,1-2H3,(H,36,37)(H2,33,34,38). The first-order valence-corrected chi connectivity index (χ1v) is 12.5. The normalized spacial score (nSPS) is 16.6. The molecule has 0 aromatic heterocycles. The summed E-state index contributed by atoms with van der Waals surface area (Å²) in [4.78, 5) is 37.0. The molecule has 1 saturated heterocycles. The molecule has 0 bridgehead atoms. The van der Waals surface area contributed by atoms with E-state index in [2.05, 4.69) is 16.0 Å². The number of Topliss-reactive ketones (excluding diaryl/α,β-unsaturated/α-hetero) is 1. The van der Waals surface area contributed by atoms with Crippen molar-refractivity contribution < 1.29 is 37.7 Å². The number of aryl methyl sites for hydroxylation is 1. The van der Waals surface area contributed by atoms with Crippen LogP contribution >= 0.6 is 0 Å². The molecule has 1 aliphatic rings. The summed E-state index contributed by atoms with van der Waals surface area (Å²) in [7, 11) is 1.42. The summed E-state index contributed by atoms with van der Waals surface area (Å²) >= 11 is 0. The molecule has 0 spiro atoms. The molecular weight excluding hydrogens is 524 g/mol.